The normalized spacial score (nSPS) is 13.9. The molecule has 1 aromatic heterocycles. The van der Waals surface area contributed by atoms with E-state index in [-0.39, 0.29) is 25.1 Å². The van der Waals surface area contributed by atoms with Crippen LogP contribution in [0.4, 0.5) is 11.4 Å². The number of unbranched alkanes of at least 4 members (excludes halogenated alkanes) is 1. The molecule has 1 N–H and O–H groups in total. The van der Waals surface area contributed by atoms with Crippen LogP contribution in [0.5, 0.6) is 0 Å². The minimum absolute atomic E-state index is 0.0116. The lowest BCUT2D eigenvalue weighted by Crippen LogP contribution is -2.42. The van der Waals surface area contributed by atoms with Gasteiger partial charge in [0.25, 0.3) is 0 Å². The molecule has 0 aliphatic carbocycles. The van der Waals surface area contributed by atoms with Crippen LogP contribution in [0.15, 0.2) is 89.3 Å². The molecule has 0 bridgehead atoms. The molecule has 0 aliphatic heterocycles. The van der Waals surface area contributed by atoms with Crippen molar-refractivity contribution in [2.45, 2.75) is 25.3 Å². The minimum atomic E-state index is -2.87. The average molecular weight is 565 g/mol. The van der Waals surface area contributed by atoms with Gasteiger partial charge in [-0.15, -0.1) is 0 Å². The Morgan fingerprint density at radius 3 is 2.26 bits per heavy atom. The smallest absolute Gasteiger partial charge is 0.327 e. The number of carbonyl (C=O) groups is 1. The first-order chi connectivity index (χ1) is 18.8. The second-order valence-corrected chi connectivity index (χ2v) is 10.7. The van der Waals surface area contributed by atoms with E-state index in [1.807, 2.05) is 48.5 Å². The molecule has 0 spiro atoms. The van der Waals surface area contributed by atoms with Crippen molar-refractivity contribution in [3.05, 3.63) is 84.9 Å². The van der Waals surface area contributed by atoms with Crippen LogP contribution in [-0.4, -0.2) is 41.2 Å². The minimum Gasteiger partial charge on any atom is -0.755 e. The van der Waals surface area contributed by atoms with Gasteiger partial charge < -0.3 is 22.9 Å². The fraction of sp³-hybridized carbons (Fsp3) is 0.179. The van der Waals surface area contributed by atoms with Crippen molar-refractivity contribution >= 4 is 72.6 Å². The molecule has 0 aliphatic rings. The van der Waals surface area contributed by atoms with Gasteiger partial charge in [-0.1, -0.05) is 54.6 Å². The van der Waals surface area contributed by atoms with Crippen LogP contribution in [0.3, 0.4) is 0 Å². The second kappa shape index (κ2) is 11.5. The molecule has 11 heteroatoms. The lowest BCUT2D eigenvalue weighted by Gasteiger charge is -2.32. The Kier molecular flexibility index (Phi) is 7.94. The van der Waals surface area contributed by atoms with Crippen LogP contribution in [0, 0.1) is 0 Å². The summed E-state index contributed by atoms with van der Waals surface area (Å²) in [5.74, 6) is -1.30. The Morgan fingerprint density at radius 1 is 0.821 bits per heavy atom. The number of carboxylic acids is 1. The van der Waals surface area contributed by atoms with Crippen LogP contribution in [0.25, 0.3) is 32.7 Å². The highest BCUT2D eigenvalue weighted by atomic mass is 32.2. The van der Waals surface area contributed by atoms with E-state index in [1.165, 1.54) is 10.4 Å². The molecule has 1 heterocycles. The van der Waals surface area contributed by atoms with Crippen molar-refractivity contribution in [1.29, 1.82) is 0 Å². The number of anilines is 2. The van der Waals surface area contributed by atoms with E-state index >= 15 is 0 Å². The van der Waals surface area contributed by atoms with E-state index < -0.39 is 34.5 Å². The molecule has 4 aromatic carbocycles. The lowest BCUT2D eigenvalue weighted by atomic mass is 10.1. The highest BCUT2D eigenvalue weighted by molar-refractivity contribution is 7.81. The SMILES string of the molecule is O=C(O)C(CCCCN(c1cccc2ccccc12)S(=O)[O-])N(c1ccc2oc3ccccc3c2c1)S(=O)[O-]. The maximum Gasteiger partial charge on any atom is 0.327 e. The van der Waals surface area contributed by atoms with E-state index in [2.05, 4.69) is 0 Å². The quantitative estimate of drug-likeness (QED) is 0.171. The zero-order chi connectivity index (χ0) is 27.5. The zero-order valence-corrected chi connectivity index (χ0v) is 22.2. The largest absolute Gasteiger partial charge is 0.755 e. The summed E-state index contributed by atoms with van der Waals surface area (Å²) in [6.45, 7) is 0.115. The number of nitrogens with zero attached hydrogens (tertiary/aromatic N) is 2. The Balaban J connectivity index is 1.34. The van der Waals surface area contributed by atoms with Crippen LogP contribution in [0.2, 0.25) is 0 Å². The maximum atomic E-state index is 12.3. The predicted octanol–water partition coefficient (Wildman–Crippen LogP) is 5.26. The lowest BCUT2D eigenvalue weighted by molar-refractivity contribution is -0.138. The summed E-state index contributed by atoms with van der Waals surface area (Å²) in [6.07, 6.45) is 0.591. The molecule has 0 radical (unpaired) electrons. The van der Waals surface area contributed by atoms with Crippen LogP contribution < -0.4 is 8.61 Å². The van der Waals surface area contributed by atoms with Gasteiger partial charge in [0, 0.05) is 45.2 Å². The van der Waals surface area contributed by atoms with E-state index in [0.29, 0.717) is 28.7 Å². The first-order valence-corrected chi connectivity index (χ1v) is 14.3. The van der Waals surface area contributed by atoms with E-state index in [1.54, 1.807) is 30.3 Å². The van der Waals surface area contributed by atoms with E-state index in [4.69, 9.17) is 4.42 Å². The van der Waals surface area contributed by atoms with Gasteiger partial charge in [-0.05, 0) is 55.0 Å². The number of fused-ring (bicyclic) bond motifs is 4. The van der Waals surface area contributed by atoms with Gasteiger partial charge in [0.2, 0.25) is 0 Å². The molecule has 0 saturated carbocycles. The summed E-state index contributed by atoms with van der Waals surface area (Å²) in [4.78, 5) is 12.2. The average Bonchev–Trinajstić information content (AvgIpc) is 3.29. The highest BCUT2D eigenvalue weighted by Gasteiger charge is 2.27. The van der Waals surface area contributed by atoms with E-state index in [9.17, 15) is 27.4 Å². The van der Waals surface area contributed by atoms with Crippen molar-refractivity contribution in [1.82, 2.24) is 0 Å². The molecule has 0 fully saturated rings. The molecule has 5 rings (SSSR count). The van der Waals surface area contributed by atoms with Crippen LogP contribution in [0.1, 0.15) is 19.3 Å². The topological polar surface area (TPSA) is 137 Å². The number of carboxylic acid groups (broad SMARTS) is 1. The number of aliphatic carboxylic acids is 1. The summed E-state index contributed by atoms with van der Waals surface area (Å²) in [5, 5.41) is 13.1. The monoisotopic (exact) mass is 564 g/mol. The highest BCUT2D eigenvalue weighted by Crippen LogP contribution is 2.33. The number of benzene rings is 4. The molecular weight excluding hydrogens is 540 g/mol. The van der Waals surface area contributed by atoms with E-state index in [0.717, 1.165) is 20.5 Å². The van der Waals surface area contributed by atoms with Crippen molar-refractivity contribution in [3.8, 4) is 0 Å². The second-order valence-electron chi connectivity index (χ2n) is 8.99. The van der Waals surface area contributed by atoms with Crippen molar-refractivity contribution in [2.24, 2.45) is 0 Å². The molecule has 3 atom stereocenters. The fourth-order valence-corrected chi connectivity index (χ4v) is 6.14. The Morgan fingerprint density at radius 2 is 1.51 bits per heavy atom. The summed E-state index contributed by atoms with van der Waals surface area (Å²) >= 11 is -5.42. The van der Waals surface area contributed by atoms with Gasteiger partial charge in [-0.25, -0.2) is 4.79 Å². The fourth-order valence-electron chi connectivity index (χ4n) is 4.86. The summed E-state index contributed by atoms with van der Waals surface area (Å²) in [6, 6.07) is 23.5. The number of furan rings is 1. The maximum absolute atomic E-state index is 12.3. The predicted molar refractivity (Wildman–Crippen MR) is 151 cm³/mol. The first-order valence-electron chi connectivity index (χ1n) is 12.2. The van der Waals surface area contributed by atoms with Gasteiger partial charge in [0.1, 0.15) is 17.2 Å². The summed E-state index contributed by atoms with van der Waals surface area (Å²) in [7, 11) is 0. The Labute approximate surface area is 229 Å². The molecule has 3 unspecified atom stereocenters. The van der Waals surface area contributed by atoms with Gasteiger partial charge in [0.15, 0.2) is 0 Å². The van der Waals surface area contributed by atoms with Crippen LogP contribution in [-0.2, 0) is 27.3 Å². The standard InChI is InChI=1S/C28H26N2O7S2/c31-28(32)25(12-5-6-17-29(38(33)34)24-13-7-9-19-8-1-2-10-21(19)24)30(39(35)36)20-15-16-27-23(18-20)22-11-3-4-14-26(22)37-27/h1-4,7-11,13-16,18,25H,5-6,12,17H2,(H,31,32)(H,33,34)(H,35,36)/p-2. The zero-order valence-electron chi connectivity index (χ0n) is 20.6. The Bertz CT molecular complexity index is 1700. The van der Waals surface area contributed by atoms with Crippen molar-refractivity contribution < 1.29 is 31.8 Å². The van der Waals surface area contributed by atoms with Gasteiger partial charge in [0.05, 0.1) is 11.4 Å². The van der Waals surface area contributed by atoms with Gasteiger partial charge in [-0.2, -0.15) is 0 Å². The number of para-hydroxylation sites is 1. The number of rotatable bonds is 11. The van der Waals surface area contributed by atoms with Gasteiger partial charge >= 0.3 is 5.97 Å². The molecule has 9 nitrogen and oxygen atoms in total. The summed E-state index contributed by atoms with van der Waals surface area (Å²) in [5.41, 5.74) is 1.93. The Hall–Kier alpha value is -3.77. The third-order valence-corrected chi connectivity index (χ3v) is 8.17. The van der Waals surface area contributed by atoms with Crippen LogP contribution >= 0.6 is 0 Å². The molecular formula is C28H24N2O7S2-2. The van der Waals surface area contributed by atoms with Crippen molar-refractivity contribution in [2.75, 3.05) is 15.2 Å². The number of hydrogen-bond acceptors (Lipinski definition) is 6. The van der Waals surface area contributed by atoms with Crippen molar-refractivity contribution in [3.63, 3.8) is 0 Å². The first kappa shape index (κ1) is 26.8. The third-order valence-electron chi connectivity index (χ3n) is 6.65. The van der Waals surface area contributed by atoms with Gasteiger partial charge in [-0.3, -0.25) is 12.7 Å². The molecule has 0 saturated heterocycles. The molecule has 0 amide bonds. The molecule has 39 heavy (non-hydrogen) atoms. The number of hydrogen-bond donors (Lipinski definition) is 1. The molecule has 5 aromatic rings. The third kappa shape index (κ3) is 5.52. The summed E-state index contributed by atoms with van der Waals surface area (Å²) < 4.78 is 56.6. The molecule has 202 valence electrons.